The maximum Gasteiger partial charge on any atom is 0.154 e. The SMILES string of the molecule is O=Cc1c(F)ccc(Cl)c1Br. The van der Waals surface area contributed by atoms with Crippen molar-refractivity contribution in [2.45, 2.75) is 0 Å². The Balaban J connectivity index is 3.40. The van der Waals surface area contributed by atoms with Gasteiger partial charge in [0.1, 0.15) is 5.82 Å². The molecule has 0 radical (unpaired) electrons. The van der Waals surface area contributed by atoms with Crippen LogP contribution in [-0.4, -0.2) is 6.29 Å². The number of aldehydes is 1. The lowest BCUT2D eigenvalue weighted by Gasteiger charge is -1.99. The minimum absolute atomic E-state index is 0.0440. The Bertz CT molecular complexity index is 301. The fraction of sp³-hybridized carbons (Fsp3) is 0. The van der Waals surface area contributed by atoms with Crippen molar-refractivity contribution in [3.05, 3.63) is 33.0 Å². The molecule has 0 heterocycles. The second-order valence-corrected chi connectivity index (χ2v) is 3.07. The highest BCUT2D eigenvalue weighted by atomic mass is 79.9. The summed E-state index contributed by atoms with van der Waals surface area (Å²) in [7, 11) is 0. The average Bonchev–Trinajstić information content (AvgIpc) is 1.99. The monoisotopic (exact) mass is 236 g/mol. The molecule has 1 nitrogen and oxygen atoms in total. The summed E-state index contributed by atoms with van der Waals surface area (Å²) in [6.45, 7) is 0. The first-order valence-corrected chi connectivity index (χ1v) is 3.92. The molecule has 0 spiro atoms. The molecule has 0 fully saturated rings. The highest BCUT2D eigenvalue weighted by molar-refractivity contribution is 9.10. The van der Waals surface area contributed by atoms with Gasteiger partial charge in [-0.25, -0.2) is 4.39 Å². The number of hydrogen-bond acceptors (Lipinski definition) is 1. The number of hydrogen-bond donors (Lipinski definition) is 0. The summed E-state index contributed by atoms with van der Waals surface area (Å²) < 4.78 is 13.0. The summed E-state index contributed by atoms with van der Waals surface area (Å²) in [5, 5.41) is 0.327. The van der Waals surface area contributed by atoms with Crippen molar-refractivity contribution in [1.82, 2.24) is 0 Å². The molecule has 0 saturated heterocycles. The van der Waals surface area contributed by atoms with Crippen LogP contribution in [0.25, 0.3) is 0 Å². The van der Waals surface area contributed by atoms with E-state index in [-0.39, 0.29) is 5.56 Å². The zero-order valence-electron chi connectivity index (χ0n) is 5.27. The maximum atomic E-state index is 12.7. The van der Waals surface area contributed by atoms with Gasteiger partial charge in [-0.15, -0.1) is 0 Å². The summed E-state index contributed by atoms with van der Waals surface area (Å²) >= 11 is 8.58. The first-order valence-electron chi connectivity index (χ1n) is 2.75. The van der Waals surface area contributed by atoms with Gasteiger partial charge in [-0.1, -0.05) is 11.6 Å². The van der Waals surface area contributed by atoms with Gasteiger partial charge in [-0.3, -0.25) is 4.79 Å². The van der Waals surface area contributed by atoms with Crippen LogP contribution in [0.3, 0.4) is 0 Å². The minimum Gasteiger partial charge on any atom is -0.298 e. The maximum absolute atomic E-state index is 12.7. The summed E-state index contributed by atoms with van der Waals surface area (Å²) in [5.74, 6) is -0.573. The van der Waals surface area contributed by atoms with Crippen molar-refractivity contribution < 1.29 is 9.18 Å². The predicted molar refractivity (Wildman–Crippen MR) is 44.5 cm³/mol. The van der Waals surface area contributed by atoms with Crippen molar-refractivity contribution in [1.29, 1.82) is 0 Å². The topological polar surface area (TPSA) is 17.1 Å². The van der Waals surface area contributed by atoms with E-state index < -0.39 is 5.82 Å². The largest absolute Gasteiger partial charge is 0.298 e. The molecule has 0 N–H and O–H groups in total. The Morgan fingerprint density at radius 2 is 2.18 bits per heavy atom. The highest BCUT2D eigenvalue weighted by Crippen LogP contribution is 2.26. The molecule has 0 aliphatic rings. The molecular weight excluding hydrogens is 234 g/mol. The van der Waals surface area contributed by atoms with Gasteiger partial charge in [0.15, 0.2) is 6.29 Å². The van der Waals surface area contributed by atoms with Gasteiger partial charge >= 0.3 is 0 Å². The molecule has 4 heteroatoms. The zero-order chi connectivity index (χ0) is 8.43. The predicted octanol–water partition coefficient (Wildman–Crippen LogP) is 3.05. The highest BCUT2D eigenvalue weighted by Gasteiger charge is 2.08. The number of rotatable bonds is 1. The molecule has 0 aromatic heterocycles. The van der Waals surface area contributed by atoms with Gasteiger partial charge in [0, 0.05) is 4.47 Å². The van der Waals surface area contributed by atoms with Gasteiger partial charge < -0.3 is 0 Å². The molecular formula is C7H3BrClFO. The number of carbonyl (C=O) groups excluding carboxylic acids is 1. The van der Waals surface area contributed by atoms with Crippen molar-refractivity contribution in [2.24, 2.45) is 0 Å². The van der Waals surface area contributed by atoms with Crippen molar-refractivity contribution in [3.63, 3.8) is 0 Å². The van der Waals surface area contributed by atoms with Crippen molar-refractivity contribution in [2.75, 3.05) is 0 Å². The molecule has 0 unspecified atom stereocenters. The third-order valence-electron chi connectivity index (χ3n) is 1.20. The van der Waals surface area contributed by atoms with Crippen LogP contribution in [-0.2, 0) is 0 Å². The summed E-state index contributed by atoms with van der Waals surface area (Å²) in [6, 6.07) is 2.53. The third kappa shape index (κ3) is 1.60. The second-order valence-electron chi connectivity index (χ2n) is 1.87. The zero-order valence-corrected chi connectivity index (χ0v) is 7.62. The lowest BCUT2D eigenvalue weighted by atomic mass is 10.2. The van der Waals surface area contributed by atoms with E-state index in [1.807, 2.05) is 0 Å². The Morgan fingerprint density at radius 3 is 2.64 bits per heavy atom. The standard InChI is InChI=1S/C7H3BrClFO/c8-7-4(3-11)6(10)2-1-5(7)9/h1-3H. The summed E-state index contributed by atoms with van der Waals surface area (Å²) in [4.78, 5) is 10.3. The van der Waals surface area contributed by atoms with E-state index >= 15 is 0 Å². The molecule has 0 aliphatic carbocycles. The van der Waals surface area contributed by atoms with Gasteiger partial charge in [0.05, 0.1) is 10.6 Å². The van der Waals surface area contributed by atoms with Crippen LogP contribution in [0.2, 0.25) is 5.02 Å². The number of carbonyl (C=O) groups is 1. The van der Waals surface area contributed by atoms with Crippen LogP contribution in [0.5, 0.6) is 0 Å². The average molecular weight is 237 g/mol. The van der Waals surface area contributed by atoms with Gasteiger partial charge in [0.25, 0.3) is 0 Å². The lowest BCUT2D eigenvalue weighted by Crippen LogP contribution is -1.89. The number of halogens is 3. The molecule has 0 amide bonds. The van der Waals surface area contributed by atoms with Gasteiger partial charge in [-0.2, -0.15) is 0 Å². The fourth-order valence-electron chi connectivity index (χ4n) is 0.651. The van der Waals surface area contributed by atoms with Gasteiger partial charge in [0.2, 0.25) is 0 Å². The van der Waals surface area contributed by atoms with E-state index in [0.717, 1.165) is 6.07 Å². The first-order chi connectivity index (χ1) is 5.16. The second kappa shape index (κ2) is 3.32. The van der Waals surface area contributed by atoms with Crippen LogP contribution in [0.4, 0.5) is 4.39 Å². The van der Waals surface area contributed by atoms with Crippen molar-refractivity contribution in [3.8, 4) is 0 Å². The van der Waals surface area contributed by atoms with E-state index in [4.69, 9.17) is 11.6 Å². The lowest BCUT2D eigenvalue weighted by molar-refractivity contribution is 0.111. The smallest absolute Gasteiger partial charge is 0.154 e. The third-order valence-corrected chi connectivity index (χ3v) is 2.59. The molecule has 1 rings (SSSR count). The molecule has 11 heavy (non-hydrogen) atoms. The minimum atomic E-state index is -0.573. The molecule has 0 aliphatic heterocycles. The Hall–Kier alpha value is -0.410. The van der Waals surface area contributed by atoms with Crippen LogP contribution in [0.15, 0.2) is 16.6 Å². The Labute approximate surface area is 76.3 Å². The summed E-state index contributed by atoms with van der Waals surface area (Å²) in [6.07, 6.45) is 0.422. The molecule has 1 aromatic carbocycles. The fourth-order valence-corrected chi connectivity index (χ4v) is 1.23. The van der Waals surface area contributed by atoms with Crippen LogP contribution >= 0.6 is 27.5 Å². The van der Waals surface area contributed by atoms with Crippen molar-refractivity contribution >= 4 is 33.8 Å². The molecule has 58 valence electrons. The Morgan fingerprint density at radius 1 is 1.55 bits per heavy atom. The summed E-state index contributed by atoms with van der Waals surface area (Å²) in [5.41, 5.74) is -0.0440. The van der Waals surface area contributed by atoms with Crippen LogP contribution < -0.4 is 0 Å². The molecule has 1 aromatic rings. The van der Waals surface area contributed by atoms with E-state index in [1.54, 1.807) is 0 Å². The first kappa shape index (κ1) is 8.68. The molecule has 0 saturated carbocycles. The van der Waals surface area contributed by atoms with E-state index in [1.165, 1.54) is 6.07 Å². The van der Waals surface area contributed by atoms with E-state index in [0.29, 0.717) is 15.8 Å². The Kier molecular flexibility index (Phi) is 2.62. The van der Waals surface area contributed by atoms with E-state index in [9.17, 15) is 9.18 Å². The quantitative estimate of drug-likeness (QED) is 0.542. The molecule has 0 bridgehead atoms. The number of benzene rings is 1. The molecule has 0 atom stereocenters. The van der Waals surface area contributed by atoms with Crippen LogP contribution in [0, 0.1) is 5.82 Å². The van der Waals surface area contributed by atoms with Crippen LogP contribution in [0.1, 0.15) is 10.4 Å². The normalized spacial score (nSPS) is 9.73. The van der Waals surface area contributed by atoms with Gasteiger partial charge in [-0.05, 0) is 28.1 Å². The van der Waals surface area contributed by atoms with E-state index in [2.05, 4.69) is 15.9 Å².